The highest BCUT2D eigenvalue weighted by Gasteiger charge is 2.35. The molecular weight excluding hydrogens is 583 g/mol. The van der Waals surface area contributed by atoms with Gasteiger partial charge in [-0.15, -0.1) is 11.8 Å². The normalized spacial score (nSPS) is 12.7. The molecule has 3 rings (SSSR count). The van der Waals surface area contributed by atoms with Crippen molar-refractivity contribution >= 4 is 39.3 Å². The second-order valence-corrected chi connectivity index (χ2v) is 13.0. The standard InChI is InChI=1S/C33H43N3O5S2/c1-7-25(5)34-33(38)29(8-2)35(22-26-15-11-10-14-24(26)4)32(37)23-36(30-16-12-13-17-31(30)41-9-3)43(39,40)28-20-18-27(42-6)19-21-28/h10-21,25,29H,7-9,22-23H2,1-6H3,(H,34,38)/t25-,29-/m1/s1. The van der Waals surface area contributed by atoms with E-state index >= 15 is 0 Å². The lowest BCUT2D eigenvalue weighted by Gasteiger charge is -2.34. The number of hydrogen-bond donors (Lipinski definition) is 1. The van der Waals surface area contributed by atoms with Crippen molar-refractivity contribution in [1.29, 1.82) is 0 Å². The molecule has 10 heteroatoms. The Kier molecular flexibility index (Phi) is 12.5. The first kappa shape index (κ1) is 34.0. The number of aryl methyl sites for hydroxylation is 1. The first-order valence-corrected chi connectivity index (χ1v) is 17.3. The summed E-state index contributed by atoms with van der Waals surface area (Å²) in [6, 6.07) is 20.1. The molecule has 0 spiro atoms. The molecule has 2 amide bonds. The fourth-order valence-corrected chi connectivity index (χ4v) is 6.49. The minimum atomic E-state index is -4.21. The fraction of sp³-hybridized carbons (Fsp3) is 0.394. The van der Waals surface area contributed by atoms with Crippen molar-refractivity contribution in [2.75, 3.05) is 23.7 Å². The van der Waals surface area contributed by atoms with E-state index in [4.69, 9.17) is 4.74 Å². The number of para-hydroxylation sites is 2. The minimum Gasteiger partial charge on any atom is -0.492 e. The molecule has 0 radical (unpaired) electrons. The molecule has 0 bridgehead atoms. The Morgan fingerprint density at radius 1 is 0.930 bits per heavy atom. The van der Waals surface area contributed by atoms with Crippen LogP contribution in [0.25, 0.3) is 0 Å². The molecule has 8 nitrogen and oxygen atoms in total. The van der Waals surface area contributed by atoms with E-state index in [0.29, 0.717) is 18.8 Å². The summed E-state index contributed by atoms with van der Waals surface area (Å²) in [6.07, 6.45) is 3.01. The van der Waals surface area contributed by atoms with Crippen molar-refractivity contribution in [3.63, 3.8) is 0 Å². The molecule has 0 aliphatic heterocycles. The van der Waals surface area contributed by atoms with Crippen LogP contribution in [0.1, 0.15) is 51.7 Å². The second kappa shape index (κ2) is 15.8. The Hall–Kier alpha value is -3.50. The lowest BCUT2D eigenvalue weighted by atomic mass is 10.1. The Bertz CT molecular complexity index is 1480. The number of nitrogens with zero attached hydrogens (tertiary/aromatic N) is 2. The summed E-state index contributed by atoms with van der Waals surface area (Å²) in [6.45, 7) is 9.46. The number of anilines is 1. The monoisotopic (exact) mass is 625 g/mol. The number of ether oxygens (including phenoxy) is 1. The van der Waals surface area contributed by atoms with Gasteiger partial charge in [0.1, 0.15) is 18.3 Å². The van der Waals surface area contributed by atoms with Crippen LogP contribution in [0.5, 0.6) is 5.75 Å². The van der Waals surface area contributed by atoms with Gasteiger partial charge in [0, 0.05) is 17.5 Å². The van der Waals surface area contributed by atoms with Crippen LogP contribution >= 0.6 is 11.8 Å². The summed E-state index contributed by atoms with van der Waals surface area (Å²) in [5, 5.41) is 3.01. The number of nitrogens with one attached hydrogen (secondary N) is 1. The molecule has 1 N–H and O–H groups in total. The Morgan fingerprint density at radius 2 is 1.58 bits per heavy atom. The van der Waals surface area contributed by atoms with Gasteiger partial charge < -0.3 is 15.0 Å². The van der Waals surface area contributed by atoms with Crippen molar-refractivity contribution in [2.24, 2.45) is 0 Å². The Labute approximate surface area is 260 Å². The molecule has 0 saturated heterocycles. The molecule has 0 saturated carbocycles. The third-order valence-corrected chi connectivity index (χ3v) is 9.87. The maximum Gasteiger partial charge on any atom is 0.264 e. The molecule has 3 aromatic carbocycles. The highest BCUT2D eigenvalue weighted by atomic mass is 32.2. The van der Waals surface area contributed by atoms with Gasteiger partial charge in [0.15, 0.2) is 0 Å². The zero-order valence-electron chi connectivity index (χ0n) is 25.9. The third-order valence-electron chi connectivity index (χ3n) is 7.35. The highest BCUT2D eigenvalue weighted by molar-refractivity contribution is 7.98. The SMILES string of the molecule is CCOc1ccccc1N(CC(=O)N(Cc1ccccc1C)[C@H](CC)C(=O)N[C@H](C)CC)S(=O)(=O)c1ccc(SC)cc1. The van der Waals surface area contributed by atoms with Gasteiger partial charge in [-0.3, -0.25) is 13.9 Å². The van der Waals surface area contributed by atoms with Gasteiger partial charge in [0.2, 0.25) is 11.8 Å². The molecule has 0 aromatic heterocycles. The molecule has 0 aliphatic carbocycles. The predicted molar refractivity (Wildman–Crippen MR) is 174 cm³/mol. The van der Waals surface area contributed by atoms with Crippen LogP contribution in [0.2, 0.25) is 0 Å². The zero-order chi connectivity index (χ0) is 31.6. The largest absolute Gasteiger partial charge is 0.492 e. The van der Waals surface area contributed by atoms with E-state index in [-0.39, 0.29) is 29.1 Å². The van der Waals surface area contributed by atoms with Gasteiger partial charge in [-0.2, -0.15) is 0 Å². The summed E-state index contributed by atoms with van der Waals surface area (Å²) in [7, 11) is -4.21. The van der Waals surface area contributed by atoms with Gasteiger partial charge >= 0.3 is 0 Å². The topological polar surface area (TPSA) is 96.0 Å². The predicted octanol–water partition coefficient (Wildman–Crippen LogP) is 6.03. The maximum atomic E-state index is 14.3. The van der Waals surface area contributed by atoms with Crippen molar-refractivity contribution < 1.29 is 22.7 Å². The first-order valence-electron chi connectivity index (χ1n) is 14.6. The highest BCUT2D eigenvalue weighted by Crippen LogP contribution is 2.33. The van der Waals surface area contributed by atoms with E-state index < -0.39 is 28.5 Å². The molecule has 0 aliphatic rings. The van der Waals surface area contributed by atoms with Crippen molar-refractivity contribution in [3.8, 4) is 5.75 Å². The Morgan fingerprint density at radius 3 is 2.19 bits per heavy atom. The lowest BCUT2D eigenvalue weighted by Crippen LogP contribution is -2.53. The lowest BCUT2D eigenvalue weighted by molar-refractivity contribution is -0.140. The molecule has 232 valence electrons. The van der Waals surface area contributed by atoms with E-state index in [2.05, 4.69) is 5.32 Å². The number of benzene rings is 3. The molecule has 0 fully saturated rings. The van der Waals surface area contributed by atoms with Gasteiger partial charge in [-0.1, -0.05) is 50.2 Å². The van der Waals surface area contributed by atoms with Crippen molar-refractivity contribution in [2.45, 2.75) is 75.9 Å². The summed E-state index contributed by atoms with van der Waals surface area (Å²) in [5.74, 6) is -0.422. The molecule has 0 heterocycles. The summed E-state index contributed by atoms with van der Waals surface area (Å²) < 4.78 is 35.4. The number of amides is 2. The fourth-order valence-electron chi connectivity index (χ4n) is 4.66. The average molecular weight is 626 g/mol. The Balaban J connectivity index is 2.12. The van der Waals surface area contributed by atoms with Crippen LogP contribution in [-0.2, 0) is 26.2 Å². The van der Waals surface area contributed by atoms with Crippen LogP contribution in [0.4, 0.5) is 5.69 Å². The van der Waals surface area contributed by atoms with Gasteiger partial charge in [0.25, 0.3) is 10.0 Å². The number of carbonyl (C=O) groups is 2. The minimum absolute atomic E-state index is 0.0522. The van der Waals surface area contributed by atoms with Crippen LogP contribution < -0.4 is 14.4 Å². The van der Waals surface area contributed by atoms with Crippen LogP contribution in [0.3, 0.4) is 0 Å². The number of sulfonamides is 1. The van der Waals surface area contributed by atoms with E-state index in [1.165, 1.54) is 16.7 Å². The number of rotatable bonds is 15. The molecule has 2 atom stereocenters. The number of thioether (sulfide) groups is 1. The number of carbonyl (C=O) groups excluding carboxylic acids is 2. The average Bonchev–Trinajstić information content (AvgIpc) is 3.01. The smallest absolute Gasteiger partial charge is 0.264 e. The van der Waals surface area contributed by atoms with E-state index in [0.717, 1.165) is 26.7 Å². The van der Waals surface area contributed by atoms with E-state index in [1.807, 2.05) is 65.1 Å². The van der Waals surface area contributed by atoms with Crippen LogP contribution in [0, 0.1) is 6.92 Å². The van der Waals surface area contributed by atoms with Crippen molar-refractivity contribution in [3.05, 3.63) is 83.9 Å². The van der Waals surface area contributed by atoms with E-state index in [9.17, 15) is 18.0 Å². The first-order chi connectivity index (χ1) is 20.6. The van der Waals surface area contributed by atoms with Crippen molar-refractivity contribution in [1.82, 2.24) is 10.2 Å². The van der Waals surface area contributed by atoms with Gasteiger partial charge in [-0.05, 0) is 87.4 Å². The molecular formula is C33H43N3O5S2. The van der Waals surface area contributed by atoms with Crippen LogP contribution in [-0.4, -0.2) is 56.6 Å². The van der Waals surface area contributed by atoms with Crippen LogP contribution in [0.15, 0.2) is 82.6 Å². The summed E-state index contributed by atoms with van der Waals surface area (Å²) in [4.78, 5) is 30.3. The summed E-state index contributed by atoms with van der Waals surface area (Å²) >= 11 is 1.51. The third kappa shape index (κ3) is 8.54. The quantitative estimate of drug-likeness (QED) is 0.207. The van der Waals surface area contributed by atoms with E-state index in [1.54, 1.807) is 48.5 Å². The second-order valence-electron chi connectivity index (χ2n) is 10.3. The zero-order valence-corrected chi connectivity index (χ0v) is 27.5. The van der Waals surface area contributed by atoms with Gasteiger partial charge in [0.05, 0.1) is 17.2 Å². The summed E-state index contributed by atoms with van der Waals surface area (Å²) in [5.41, 5.74) is 2.10. The molecule has 43 heavy (non-hydrogen) atoms. The molecule has 0 unspecified atom stereocenters. The van der Waals surface area contributed by atoms with Gasteiger partial charge in [-0.25, -0.2) is 8.42 Å². The number of hydrogen-bond acceptors (Lipinski definition) is 6. The molecule has 3 aromatic rings. The maximum absolute atomic E-state index is 14.3.